The Kier molecular flexibility index (Phi) is 9.45. The number of nitrogens with one attached hydrogen (secondary N) is 1. The van der Waals surface area contributed by atoms with Gasteiger partial charge in [-0.05, 0) is 67.3 Å². The Morgan fingerprint density at radius 2 is 1.38 bits per heavy atom. The molecule has 0 aromatic heterocycles. The number of aryl methyl sites for hydroxylation is 1. The first-order valence-electron chi connectivity index (χ1n) is 12.7. The average molecular weight is 590 g/mol. The van der Waals surface area contributed by atoms with Crippen LogP contribution in [0.4, 0.5) is 0 Å². The Hall–Kier alpha value is -2.76. The zero-order valence-corrected chi connectivity index (χ0v) is 24.1. The Bertz CT molecular complexity index is 1490. The summed E-state index contributed by atoms with van der Waals surface area (Å²) >= 11 is 5.94. The van der Waals surface area contributed by atoms with Gasteiger partial charge in [0.15, 0.2) is 0 Å². The monoisotopic (exact) mass is 589 g/mol. The van der Waals surface area contributed by atoms with E-state index < -0.39 is 26.0 Å². The number of rotatable bonds is 10. The number of nitrogens with zero attached hydrogens (tertiary/aromatic N) is 2. The fourth-order valence-corrected chi connectivity index (χ4v) is 7.36. The predicted octanol–water partition coefficient (Wildman–Crippen LogP) is 4.33. The lowest BCUT2D eigenvalue weighted by atomic mass is 10.1. The molecule has 1 aliphatic rings. The predicted molar refractivity (Wildman–Crippen MR) is 151 cm³/mol. The number of carbonyl (C=O) groups excluding carboxylic acids is 1. The molecular formula is C28H32ClN3O5S2. The minimum atomic E-state index is -3.99. The van der Waals surface area contributed by atoms with E-state index >= 15 is 0 Å². The van der Waals surface area contributed by atoms with Gasteiger partial charge >= 0.3 is 0 Å². The highest BCUT2D eigenvalue weighted by atomic mass is 35.5. The highest BCUT2D eigenvalue weighted by Crippen LogP contribution is 2.22. The zero-order valence-electron chi connectivity index (χ0n) is 21.7. The molecule has 11 heteroatoms. The third-order valence-electron chi connectivity index (χ3n) is 6.62. The van der Waals surface area contributed by atoms with Crippen LogP contribution in [0.25, 0.3) is 0 Å². The smallest absolute Gasteiger partial charge is 0.243 e. The van der Waals surface area contributed by atoms with Crippen LogP contribution in [0.1, 0.15) is 36.0 Å². The van der Waals surface area contributed by atoms with E-state index in [0.29, 0.717) is 23.7 Å². The van der Waals surface area contributed by atoms with E-state index in [4.69, 9.17) is 11.6 Å². The SMILES string of the molecule is Cc1ccc(CN(CC(=O)NCc2ccc(S(=O)(=O)N3CCCCC3)cc2)S(=O)(=O)c2ccc(Cl)cc2)cc1. The highest BCUT2D eigenvalue weighted by molar-refractivity contribution is 7.89. The number of hydrogen-bond donors (Lipinski definition) is 1. The van der Waals surface area contributed by atoms with E-state index in [1.54, 1.807) is 24.3 Å². The summed E-state index contributed by atoms with van der Waals surface area (Å²) in [4.78, 5) is 13.2. The molecule has 1 N–H and O–H groups in total. The van der Waals surface area contributed by atoms with E-state index in [-0.39, 0.29) is 29.4 Å². The number of piperidine rings is 1. The van der Waals surface area contributed by atoms with Gasteiger partial charge in [0.2, 0.25) is 26.0 Å². The molecule has 8 nitrogen and oxygen atoms in total. The maximum atomic E-state index is 13.4. The Morgan fingerprint density at radius 1 is 0.821 bits per heavy atom. The minimum absolute atomic E-state index is 0.0156. The number of halogens is 1. The van der Waals surface area contributed by atoms with Gasteiger partial charge in [-0.1, -0.05) is 60.0 Å². The number of benzene rings is 3. The first-order chi connectivity index (χ1) is 18.6. The Balaban J connectivity index is 1.44. The van der Waals surface area contributed by atoms with Crippen molar-refractivity contribution in [2.45, 2.75) is 49.1 Å². The molecular weight excluding hydrogens is 558 g/mol. The summed E-state index contributed by atoms with van der Waals surface area (Å²) in [6, 6.07) is 19.6. The van der Waals surface area contributed by atoms with E-state index in [2.05, 4.69) is 5.32 Å². The van der Waals surface area contributed by atoms with Gasteiger partial charge in [0.05, 0.1) is 16.3 Å². The quantitative estimate of drug-likeness (QED) is 0.379. The zero-order chi connectivity index (χ0) is 28.0. The van der Waals surface area contributed by atoms with Crippen molar-refractivity contribution in [2.75, 3.05) is 19.6 Å². The molecule has 1 saturated heterocycles. The summed E-state index contributed by atoms with van der Waals surface area (Å²) in [5.74, 6) is -0.482. The summed E-state index contributed by atoms with van der Waals surface area (Å²) in [7, 11) is -7.53. The standard InChI is InChI=1S/C28H32ClN3O5S2/c1-22-5-7-24(8-6-22)20-32(39(36,37)27-15-11-25(29)12-16-27)21-28(33)30-19-23-9-13-26(14-10-23)38(34,35)31-17-3-2-4-18-31/h5-16H,2-4,17-21H2,1H3,(H,30,33). The van der Waals surface area contributed by atoms with Gasteiger partial charge in [-0.15, -0.1) is 0 Å². The molecule has 0 atom stereocenters. The number of amides is 1. The molecule has 39 heavy (non-hydrogen) atoms. The second-order valence-electron chi connectivity index (χ2n) is 9.60. The molecule has 0 aliphatic carbocycles. The maximum absolute atomic E-state index is 13.4. The van der Waals surface area contributed by atoms with Crippen molar-refractivity contribution >= 4 is 37.6 Å². The molecule has 4 rings (SSSR count). The van der Waals surface area contributed by atoms with Crippen LogP contribution in [0.2, 0.25) is 5.02 Å². The number of sulfonamides is 2. The number of carbonyl (C=O) groups is 1. The summed E-state index contributed by atoms with van der Waals surface area (Å²) in [6.07, 6.45) is 2.75. The lowest BCUT2D eigenvalue weighted by molar-refractivity contribution is -0.121. The topological polar surface area (TPSA) is 104 Å². The highest BCUT2D eigenvalue weighted by Gasteiger charge is 2.28. The molecule has 3 aromatic carbocycles. The molecule has 0 bridgehead atoms. The van der Waals surface area contributed by atoms with Crippen LogP contribution in [-0.4, -0.2) is 51.0 Å². The fraction of sp³-hybridized carbons (Fsp3) is 0.321. The Labute approximate surface area is 235 Å². The van der Waals surface area contributed by atoms with Crippen molar-refractivity contribution in [3.8, 4) is 0 Å². The lowest BCUT2D eigenvalue weighted by Gasteiger charge is -2.25. The van der Waals surface area contributed by atoms with Gasteiger partial charge in [-0.3, -0.25) is 4.79 Å². The van der Waals surface area contributed by atoms with Crippen molar-refractivity contribution in [3.05, 3.63) is 94.5 Å². The molecule has 1 amide bonds. The van der Waals surface area contributed by atoms with Gasteiger partial charge in [-0.2, -0.15) is 8.61 Å². The van der Waals surface area contributed by atoms with Crippen molar-refractivity contribution in [2.24, 2.45) is 0 Å². The molecule has 0 saturated carbocycles. The maximum Gasteiger partial charge on any atom is 0.243 e. The lowest BCUT2D eigenvalue weighted by Crippen LogP contribution is -2.40. The molecule has 1 fully saturated rings. The molecule has 0 radical (unpaired) electrons. The van der Waals surface area contributed by atoms with Crippen LogP contribution in [0, 0.1) is 6.92 Å². The average Bonchev–Trinajstić information content (AvgIpc) is 2.93. The molecule has 1 aliphatic heterocycles. The van der Waals surface area contributed by atoms with Crippen molar-refractivity contribution < 1.29 is 21.6 Å². The fourth-order valence-electron chi connectivity index (χ4n) is 4.33. The molecule has 208 valence electrons. The Morgan fingerprint density at radius 3 is 2.00 bits per heavy atom. The minimum Gasteiger partial charge on any atom is -0.351 e. The van der Waals surface area contributed by atoms with Gasteiger partial charge in [0, 0.05) is 31.2 Å². The van der Waals surface area contributed by atoms with Crippen LogP contribution in [0.15, 0.2) is 82.6 Å². The van der Waals surface area contributed by atoms with Crippen molar-refractivity contribution in [3.63, 3.8) is 0 Å². The second-order valence-corrected chi connectivity index (χ2v) is 13.9. The van der Waals surface area contributed by atoms with E-state index in [1.165, 1.54) is 28.6 Å². The van der Waals surface area contributed by atoms with Crippen LogP contribution in [-0.2, 0) is 37.9 Å². The van der Waals surface area contributed by atoms with E-state index in [9.17, 15) is 21.6 Å². The van der Waals surface area contributed by atoms with Crippen LogP contribution < -0.4 is 5.32 Å². The van der Waals surface area contributed by atoms with Gasteiger partial charge in [0.25, 0.3) is 0 Å². The summed E-state index contributed by atoms with van der Waals surface area (Å²) in [5.41, 5.74) is 2.49. The van der Waals surface area contributed by atoms with Gasteiger partial charge in [0.1, 0.15) is 0 Å². The first kappa shape index (κ1) is 29.2. The summed E-state index contributed by atoms with van der Waals surface area (Å²) < 4.78 is 55.2. The molecule has 0 spiro atoms. The molecule has 0 unspecified atom stereocenters. The van der Waals surface area contributed by atoms with Crippen molar-refractivity contribution in [1.82, 2.24) is 13.9 Å². The van der Waals surface area contributed by atoms with E-state index in [1.807, 2.05) is 31.2 Å². The van der Waals surface area contributed by atoms with Crippen LogP contribution in [0.3, 0.4) is 0 Å². The molecule has 3 aromatic rings. The van der Waals surface area contributed by atoms with Crippen LogP contribution in [0.5, 0.6) is 0 Å². The summed E-state index contributed by atoms with van der Waals surface area (Å²) in [6.45, 7) is 2.75. The summed E-state index contributed by atoms with van der Waals surface area (Å²) in [5, 5.41) is 3.16. The van der Waals surface area contributed by atoms with Crippen LogP contribution >= 0.6 is 11.6 Å². The van der Waals surface area contributed by atoms with E-state index in [0.717, 1.165) is 34.7 Å². The third kappa shape index (κ3) is 7.46. The largest absolute Gasteiger partial charge is 0.351 e. The third-order valence-corrected chi connectivity index (χ3v) is 10.6. The molecule has 1 heterocycles. The van der Waals surface area contributed by atoms with Crippen molar-refractivity contribution in [1.29, 1.82) is 0 Å². The van der Waals surface area contributed by atoms with Gasteiger partial charge in [-0.25, -0.2) is 16.8 Å². The van der Waals surface area contributed by atoms with Gasteiger partial charge < -0.3 is 5.32 Å². The second kappa shape index (κ2) is 12.6. The normalized spacial score (nSPS) is 14.8. The first-order valence-corrected chi connectivity index (χ1v) is 16.0. The number of hydrogen-bond acceptors (Lipinski definition) is 5.